The van der Waals surface area contributed by atoms with Gasteiger partial charge in [-0.05, 0) is 35.8 Å². The first-order valence-electron chi connectivity index (χ1n) is 8.83. The summed E-state index contributed by atoms with van der Waals surface area (Å²) in [6, 6.07) is 12.9. The fourth-order valence-corrected chi connectivity index (χ4v) is 2.77. The van der Waals surface area contributed by atoms with Crippen LogP contribution in [0.25, 0.3) is 22.5 Å². The van der Waals surface area contributed by atoms with Gasteiger partial charge in [0.1, 0.15) is 5.03 Å². The van der Waals surface area contributed by atoms with Crippen LogP contribution in [0, 0.1) is 0 Å². The van der Waals surface area contributed by atoms with E-state index in [1.54, 1.807) is 24.3 Å². The number of carboxylic acid groups (broad SMARTS) is 1. The lowest BCUT2D eigenvalue weighted by Gasteiger charge is -2.09. The first kappa shape index (κ1) is 20.4. The highest BCUT2D eigenvalue weighted by Gasteiger charge is 2.13. The largest absolute Gasteiger partial charge is 0.493 e. The number of carboxylic acids is 1. The first-order valence-corrected chi connectivity index (χ1v) is 9.21. The quantitative estimate of drug-likeness (QED) is 0.579. The zero-order valence-electron chi connectivity index (χ0n) is 15.9. The predicted octanol–water partition coefficient (Wildman–Crippen LogP) is 4.51. The van der Waals surface area contributed by atoms with E-state index in [-0.39, 0.29) is 10.9 Å². The number of nitrogens with zero attached hydrogens (tertiary/aromatic N) is 2. The molecular weight excluding hydrogens is 396 g/mol. The second-order valence-corrected chi connectivity index (χ2v) is 6.47. The van der Waals surface area contributed by atoms with Crippen molar-refractivity contribution in [1.29, 1.82) is 0 Å². The number of hydrogen-bond acceptors (Lipinski definition) is 6. The number of ether oxygens (including phenoxy) is 2. The Morgan fingerprint density at radius 1 is 1.21 bits per heavy atom. The lowest BCUT2D eigenvalue weighted by molar-refractivity contribution is -0.139. The molecule has 0 amide bonds. The molecule has 0 spiro atoms. The molecule has 0 aliphatic rings. The SMILES string of the molecule is CCc1ccc(-c2noc(/C(Cl)=C/c3ccc(OCC(=O)O)c(OC)c3)n2)cc1. The monoisotopic (exact) mass is 414 g/mol. The van der Waals surface area contributed by atoms with E-state index in [0.717, 1.165) is 12.0 Å². The number of aryl methyl sites for hydroxylation is 1. The Morgan fingerprint density at radius 3 is 2.62 bits per heavy atom. The van der Waals surface area contributed by atoms with Crippen LogP contribution in [0.5, 0.6) is 11.5 Å². The number of rotatable bonds is 8. The molecule has 0 atom stereocenters. The third-order valence-corrected chi connectivity index (χ3v) is 4.35. The average Bonchev–Trinajstić information content (AvgIpc) is 3.23. The van der Waals surface area contributed by atoms with Gasteiger partial charge in [-0.3, -0.25) is 0 Å². The minimum Gasteiger partial charge on any atom is -0.493 e. The van der Waals surface area contributed by atoms with E-state index >= 15 is 0 Å². The summed E-state index contributed by atoms with van der Waals surface area (Å²) in [6.45, 7) is 1.63. The molecule has 1 aromatic heterocycles. The van der Waals surface area contributed by atoms with Crippen molar-refractivity contribution in [3.63, 3.8) is 0 Å². The maximum Gasteiger partial charge on any atom is 0.341 e. The fraction of sp³-hybridized carbons (Fsp3) is 0.190. The molecule has 3 aromatic rings. The average molecular weight is 415 g/mol. The molecule has 0 unspecified atom stereocenters. The van der Waals surface area contributed by atoms with Gasteiger partial charge in [0.05, 0.1) is 7.11 Å². The highest BCUT2D eigenvalue weighted by molar-refractivity contribution is 6.50. The molecule has 0 aliphatic heterocycles. The van der Waals surface area contributed by atoms with Gasteiger partial charge in [-0.1, -0.05) is 54.0 Å². The van der Waals surface area contributed by atoms with E-state index in [4.69, 9.17) is 30.7 Å². The molecule has 29 heavy (non-hydrogen) atoms. The van der Waals surface area contributed by atoms with Gasteiger partial charge >= 0.3 is 5.97 Å². The van der Waals surface area contributed by atoms with E-state index in [1.165, 1.54) is 12.7 Å². The van der Waals surface area contributed by atoms with Gasteiger partial charge in [-0.2, -0.15) is 4.98 Å². The number of aromatic nitrogens is 2. The van der Waals surface area contributed by atoms with Crippen LogP contribution in [0.3, 0.4) is 0 Å². The molecular formula is C21H19ClN2O5. The first-order chi connectivity index (χ1) is 14.0. The Bertz CT molecular complexity index is 1030. The van der Waals surface area contributed by atoms with Gasteiger partial charge in [0.25, 0.3) is 5.89 Å². The molecule has 0 bridgehead atoms. The van der Waals surface area contributed by atoms with Crippen LogP contribution in [0.2, 0.25) is 0 Å². The number of halogens is 1. The molecule has 1 N–H and O–H groups in total. The van der Waals surface area contributed by atoms with Gasteiger partial charge in [0, 0.05) is 5.56 Å². The summed E-state index contributed by atoms with van der Waals surface area (Å²) in [4.78, 5) is 15.0. The van der Waals surface area contributed by atoms with Gasteiger partial charge in [-0.15, -0.1) is 0 Å². The summed E-state index contributed by atoms with van der Waals surface area (Å²) in [6.07, 6.45) is 2.60. The van der Waals surface area contributed by atoms with Crippen molar-refractivity contribution in [3.05, 3.63) is 59.5 Å². The van der Waals surface area contributed by atoms with Crippen molar-refractivity contribution >= 4 is 28.7 Å². The Morgan fingerprint density at radius 2 is 1.97 bits per heavy atom. The molecule has 2 aromatic carbocycles. The van der Waals surface area contributed by atoms with Gasteiger partial charge < -0.3 is 19.1 Å². The Labute approximate surface area is 172 Å². The second kappa shape index (κ2) is 9.25. The van der Waals surface area contributed by atoms with Crippen molar-refractivity contribution < 1.29 is 23.9 Å². The summed E-state index contributed by atoms with van der Waals surface area (Å²) < 4.78 is 15.7. The van der Waals surface area contributed by atoms with E-state index in [1.807, 2.05) is 24.3 Å². The summed E-state index contributed by atoms with van der Waals surface area (Å²) in [7, 11) is 1.46. The highest BCUT2D eigenvalue weighted by atomic mass is 35.5. The minimum absolute atomic E-state index is 0.186. The number of benzene rings is 2. The number of methoxy groups -OCH3 is 1. The van der Waals surface area contributed by atoms with Gasteiger partial charge in [0.15, 0.2) is 18.1 Å². The van der Waals surface area contributed by atoms with E-state index < -0.39 is 12.6 Å². The molecule has 1 heterocycles. The van der Waals surface area contributed by atoms with Gasteiger partial charge in [-0.25, -0.2) is 4.79 Å². The highest BCUT2D eigenvalue weighted by Crippen LogP contribution is 2.31. The lowest BCUT2D eigenvalue weighted by atomic mass is 10.1. The summed E-state index contributed by atoms with van der Waals surface area (Å²) >= 11 is 6.34. The summed E-state index contributed by atoms with van der Waals surface area (Å²) in [5.41, 5.74) is 2.75. The van der Waals surface area contributed by atoms with Crippen molar-refractivity contribution in [2.45, 2.75) is 13.3 Å². The number of aliphatic carboxylic acids is 1. The molecule has 0 saturated carbocycles. The third kappa shape index (κ3) is 5.14. The van der Waals surface area contributed by atoms with E-state index in [0.29, 0.717) is 22.9 Å². The Balaban J connectivity index is 1.80. The molecule has 3 rings (SSSR count). The van der Waals surface area contributed by atoms with Crippen LogP contribution in [-0.4, -0.2) is 34.9 Å². The zero-order chi connectivity index (χ0) is 20.8. The topological polar surface area (TPSA) is 94.7 Å². The van der Waals surface area contributed by atoms with Crippen LogP contribution >= 0.6 is 11.6 Å². The summed E-state index contributed by atoms with van der Waals surface area (Å²) in [5.74, 6) is 0.261. The zero-order valence-corrected chi connectivity index (χ0v) is 16.6. The van der Waals surface area contributed by atoms with E-state index in [2.05, 4.69) is 17.1 Å². The molecule has 8 heteroatoms. The van der Waals surface area contributed by atoms with Crippen molar-refractivity contribution in [1.82, 2.24) is 10.1 Å². The predicted molar refractivity (Wildman–Crippen MR) is 109 cm³/mol. The Hall–Kier alpha value is -3.32. The third-order valence-electron chi connectivity index (χ3n) is 4.08. The number of carbonyl (C=O) groups is 1. The smallest absolute Gasteiger partial charge is 0.341 e. The van der Waals surface area contributed by atoms with Crippen LogP contribution in [-0.2, 0) is 11.2 Å². The normalized spacial score (nSPS) is 11.3. The van der Waals surface area contributed by atoms with Crippen LogP contribution in [0.15, 0.2) is 47.0 Å². The van der Waals surface area contributed by atoms with E-state index in [9.17, 15) is 4.79 Å². The lowest BCUT2D eigenvalue weighted by Crippen LogP contribution is -2.10. The van der Waals surface area contributed by atoms with Crippen molar-refractivity contribution in [2.75, 3.05) is 13.7 Å². The number of hydrogen-bond donors (Lipinski definition) is 1. The molecule has 0 aliphatic carbocycles. The fourth-order valence-electron chi connectivity index (χ4n) is 2.57. The molecule has 150 valence electrons. The van der Waals surface area contributed by atoms with Crippen LogP contribution in [0.4, 0.5) is 0 Å². The summed E-state index contributed by atoms with van der Waals surface area (Å²) in [5, 5.41) is 13.0. The van der Waals surface area contributed by atoms with Crippen molar-refractivity contribution in [3.8, 4) is 22.9 Å². The van der Waals surface area contributed by atoms with Crippen molar-refractivity contribution in [2.24, 2.45) is 0 Å². The van der Waals surface area contributed by atoms with Crippen LogP contribution < -0.4 is 9.47 Å². The minimum atomic E-state index is -1.07. The second-order valence-electron chi connectivity index (χ2n) is 6.06. The maximum atomic E-state index is 10.7. The van der Waals surface area contributed by atoms with Crippen LogP contribution in [0.1, 0.15) is 23.9 Å². The molecule has 0 fully saturated rings. The van der Waals surface area contributed by atoms with Gasteiger partial charge in [0.2, 0.25) is 5.82 Å². The molecule has 7 nitrogen and oxygen atoms in total. The maximum absolute atomic E-state index is 10.7. The standard InChI is InChI=1S/C21H19ClN2O5/c1-3-13-4-7-15(8-5-13)20-23-21(29-24-20)16(22)10-14-6-9-17(18(11-14)27-2)28-12-19(25)26/h4-11H,3,12H2,1-2H3,(H,25,26)/b16-10-. The Kier molecular flexibility index (Phi) is 6.51. The molecule has 0 radical (unpaired) electrons. The molecule has 0 saturated heterocycles.